The van der Waals surface area contributed by atoms with Crippen molar-refractivity contribution in [2.24, 2.45) is 5.92 Å². The molecule has 2 aliphatic rings. The number of nitrogens with zero attached hydrogens (tertiary/aromatic N) is 2. The second-order valence-corrected chi connectivity index (χ2v) is 10.9. The molecule has 2 aromatic carbocycles. The molecule has 0 amide bonds. The van der Waals surface area contributed by atoms with Gasteiger partial charge in [0.05, 0.1) is 0 Å². The average Bonchev–Trinajstić information content (AvgIpc) is 3.17. The minimum Gasteiger partial charge on any atom is -0.378 e. The van der Waals surface area contributed by atoms with Gasteiger partial charge in [0.2, 0.25) is 0 Å². The number of halogens is 2. The molecule has 0 heterocycles. The van der Waals surface area contributed by atoms with Crippen LogP contribution in [0.5, 0.6) is 0 Å². The Morgan fingerprint density at radius 1 is 0.700 bits per heavy atom. The Labute approximate surface area is 197 Å². The van der Waals surface area contributed by atoms with Crippen LogP contribution in [0.2, 0.25) is 0 Å². The Bertz CT molecular complexity index is 993. The lowest BCUT2D eigenvalue weighted by molar-refractivity contribution is 0.455. The molecule has 4 heteroatoms. The topological polar surface area (TPSA) is 6.48 Å². The summed E-state index contributed by atoms with van der Waals surface area (Å²) < 4.78 is 2.38. The van der Waals surface area contributed by atoms with Crippen LogP contribution in [0.15, 0.2) is 44.4 Å². The minimum atomic E-state index is 0.414. The van der Waals surface area contributed by atoms with Gasteiger partial charge in [-0.2, -0.15) is 0 Å². The van der Waals surface area contributed by atoms with Crippen molar-refractivity contribution < 1.29 is 0 Å². The maximum absolute atomic E-state index is 3.83. The SMILES string of the molecule is CC1=Cc2c(Br)cc(N(C)C)cc2C1C(C)C1C(C)=Cc2c(Br)cc(N(C)C)cc21. The van der Waals surface area contributed by atoms with E-state index >= 15 is 0 Å². The van der Waals surface area contributed by atoms with Gasteiger partial charge in [0.1, 0.15) is 0 Å². The van der Waals surface area contributed by atoms with Crippen molar-refractivity contribution >= 4 is 55.4 Å². The van der Waals surface area contributed by atoms with Gasteiger partial charge in [-0.05, 0) is 66.3 Å². The van der Waals surface area contributed by atoms with Crippen LogP contribution in [0, 0.1) is 5.92 Å². The maximum Gasteiger partial charge on any atom is 0.0375 e. The highest BCUT2D eigenvalue weighted by Gasteiger charge is 2.38. The van der Waals surface area contributed by atoms with Crippen molar-refractivity contribution in [2.45, 2.75) is 32.6 Å². The molecule has 0 spiro atoms. The number of anilines is 2. The van der Waals surface area contributed by atoms with E-state index in [4.69, 9.17) is 0 Å². The van der Waals surface area contributed by atoms with Crippen molar-refractivity contribution in [1.29, 1.82) is 0 Å². The molecule has 158 valence electrons. The van der Waals surface area contributed by atoms with Crippen LogP contribution in [-0.2, 0) is 0 Å². The van der Waals surface area contributed by atoms with Crippen molar-refractivity contribution in [3.63, 3.8) is 0 Å². The minimum absolute atomic E-state index is 0.414. The summed E-state index contributed by atoms with van der Waals surface area (Å²) in [5.41, 5.74) is 11.0. The Balaban J connectivity index is 1.81. The molecule has 2 atom stereocenters. The first-order valence-corrected chi connectivity index (χ1v) is 12.1. The Morgan fingerprint density at radius 3 is 1.40 bits per heavy atom. The number of hydrogen-bond donors (Lipinski definition) is 0. The summed E-state index contributed by atoms with van der Waals surface area (Å²) >= 11 is 7.66. The number of benzene rings is 2. The number of fused-ring (bicyclic) bond motifs is 2. The summed E-state index contributed by atoms with van der Waals surface area (Å²) in [7, 11) is 8.45. The van der Waals surface area contributed by atoms with Crippen LogP contribution < -0.4 is 9.80 Å². The first-order valence-electron chi connectivity index (χ1n) is 10.5. The highest BCUT2D eigenvalue weighted by Crippen LogP contribution is 2.53. The molecule has 30 heavy (non-hydrogen) atoms. The molecule has 2 aromatic rings. The first kappa shape index (κ1) is 21.7. The van der Waals surface area contributed by atoms with E-state index in [1.165, 1.54) is 53.7 Å². The second-order valence-electron chi connectivity index (χ2n) is 9.24. The summed E-state index contributed by atoms with van der Waals surface area (Å²) in [6.07, 6.45) is 4.75. The van der Waals surface area contributed by atoms with Gasteiger partial charge in [0, 0.05) is 60.3 Å². The zero-order chi connectivity index (χ0) is 21.9. The van der Waals surface area contributed by atoms with Gasteiger partial charge in [0.25, 0.3) is 0 Å². The predicted octanol–water partition coefficient (Wildman–Crippen LogP) is 7.68. The lowest BCUT2D eigenvalue weighted by Crippen LogP contribution is -2.19. The average molecular weight is 530 g/mol. The molecule has 0 bridgehead atoms. The molecular weight excluding hydrogens is 500 g/mol. The number of allylic oxidation sites excluding steroid dienone is 2. The van der Waals surface area contributed by atoms with E-state index in [-0.39, 0.29) is 0 Å². The molecule has 2 nitrogen and oxygen atoms in total. The highest BCUT2D eigenvalue weighted by atomic mass is 79.9. The largest absolute Gasteiger partial charge is 0.378 e. The van der Waals surface area contributed by atoms with Crippen molar-refractivity contribution in [3.05, 3.63) is 66.6 Å². The Hall–Kier alpha value is -1.52. The number of rotatable bonds is 4. The van der Waals surface area contributed by atoms with Crippen LogP contribution >= 0.6 is 31.9 Å². The predicted molar refractivity (Wildman–Crippen MR) is 139 cm³/mol. The number of hydrogen-bond acceptors (Lipinski definition) is 2. The summed E-state index contributed by atoms with van der Waals surface area (Å²) in [5, 5.41) is 0. The molecule has 2 unspecified atom stereocenters. The molecule has 2 aliphatic carbocycles. The summed E-state index contributed by atoms with van der Waals surface area (Å²) in [6.45, 7) is 7.02. The van der Waals surface area contributed by atoms with Crippen LogP contribution in [0.25, 0.3) is 12.2 Å². The fourth-order valence-electron chi connectivity index (χ4n) is 5.30. The Morgan fingerprint density at radius 2 is 1.07 bits per heavy atom. The first-order chi connectivity index (χ1) is 14.1. The van der Waals surface area contributed by atoms with E-state index in [0.717, 1.165) is 0 Å². The van der Waals surface area contributed by atoms with Crippen LogP contribution in [0.4, 0.5) is 11.4 Å². The third-order valence-corrected chi connectivity index (χ3v) is 8.08. The fraction of sp³-hybridized carbons (Fsp3) is 0.385. The van der Waals surface area contributed by atoms with Crippen LogP contribution in [-0.4, -0.2) is 28.2 Å². The lowest BCUT2D eigenvalue weighted by atomic mass is 9.73. The van der Waals surface area contributed by atoms with Crippen molar-refractivity contribution in [2.75, 3.05) is 38.0 Å². The molecule has 0 radical (unpaired) electrons. The van der Waals surface area contributed by atoms with Crippen molar-refractivity contribution in [3.8, 4) is 0 Å². The normalized spacial score (nSPS) is 20.4. The maximum atomic E-state index is 3.83. The summed E-state index contributed by atoms with van der Waals surface area (Å²) in [6, 6.07) is 9.23. The zero-order valence-corrected chi connectivity index (χ0v) is 22.0. The molecule has 4 rings (SSSR count). The van der Waals surface area contributed by atoms with E-state index in [0.29, 0.717) is 17.8 Å². The van der Waals surface area contributed by atoms with E-state index in [9.17, 15) is 0 Å². The third kappa shape index (κ3) is 3.46. The Kier molecular flexibility index (Phi) is 5.69. The summed E-state index contributed by atoms with van der Waals surface area (Å²) in [4.78, 5) is 4.38. The molecule has 0 aromatic heterocycles. The van der Waals surface area contributed by atoms with Crippen LogP contribution in [0.1, 0.15) is 54.9 Å². The van der Waals surface area contributed by atoms with Gasteiger partial charge in [-0.15, -0.1) is 0 Å². The third-order valence-electron chi connectivity index (χ3n) is 6.77. The van der Waals surface area contributed by atoms with Gasteiger partial charge in [0.15, 0.2) is 0 Å². The second kappa shape index (κ2) is 7.87. The van der Waals surface area contributed by atoms with Crippen LogP contribution in [0.3, 0.4) is 0 Å². The van der Waals surface area contributed by atoms with Crippen molar-refractivity contribution in [1.82, 2.24) is 0 Å². The van der Waals surface area contributed by atoms with E-state index in [1.807, 2.05) is 0 Å². The summed E-state index contributed by atoms with van der Waals surface area (Å²) in [5.74, 6) is 1.29. The monoisotopic (exact) mass is 528 g/mol. The van der Waals surface area contributed by atoms with Gasteiger partial charge < -0.3 is 9.80 Å². The van der Waals surface area contributed by atoms with E-state index < -0.39 is 0 Å². The molecule has 0 saturated carbocycles. The molecule has 0 N–H and O–H groups in total. The van der Waals surface area contributed by atoms with E-state index in [1.54, 1.807) is 0 Å². The van der Waals surface area contributed by atoms with Gasteiger partial charge >= 0.3 is 0 Å². The smallest absolute Gasteiger partial charge is 0.0375 e. The molecule has 0 saturated heterocycles. The molecular formula is C26H30Br2N2. The molecule has 0 aliphatic heterocycles. The van der Waals surface area contributed by atoms with Gasteiger partial charge in [-0.25, -0.2) is 0 Å². The quantitative estimate of drug-likeness (QED) is 0.400. The highest BCUT2D eigenvalue weighted by molar-refractivity contribution is 9.10. The lowest BCUT2D eigenvalue weighted by Gasteiger charge is -2.31. The zero-order valence-electron chi connectivity index (χ0n) is 18.8. The van der Waals surface area contributed by atoms with E-state index in [2.05, 4.69) is 127 Å². The molecule has 0 fully saturated rings. The van der Waals surface area contributed by atoms with Gasteiger partial charge in [-0.3, -0.25) is 0 Å². The fourth-order valence-corrected chi connectivity index (χ4v) is 6.45. The van der Waals surface area contributed by atoms with Gasteiger partial charge in [-0.1, -0.05) is 62.1 Å². The standard InChI is InChI=1S/C26H30Br2N2/c1-14-8-19-21(10-17(29(4)5)12-23(19)27)25(14)16(3)26-15(2)9-20-22(26)11-18(30(6)7)13-24(20)28/h8-13,16,25-26H,1-7H3.